The topological polar surface area (TPSA) is 94.6 Å². The normalized spacial score (nSPS) is 11.2. The first-order chi connectivity index (χ1) is 14.1. The summed E-state index contributed by atoms with van der Waals surface area (Å²) >= 11 is 0. The minimum absolute atomic E-state index is 0.0431. The van der Waals surface area contributed by atoms with Crippen LogP contribution >= 0.6 is 0 Å². The van der Waals surface area contributed by atoms with Crippen molar-refractivity contribution in [2.24, 2.45) is 0 Å². The first-order valence-electron chi connectivity index (χ1n) is 8.59. The van der Waals surface area contributed by atoms with Gasteiger partial charge in [0.2, 0.25) is 0 Å². The van der Waals surface area contributed by atoms with Crippen molar-refractivity contribution in [1.82, 2.24) is 0 Å². The summed E-state index contributed by atoms with van der Waals surface area (Å²) in [5.74, 6) is -0.422. The van der Waals surface area contributed by atoms with Crippen LogP contribution in [0.4, 0.5) is 24.5 Å². The lowest BCUT2D eigenvalue weighted by molar-refractivity contribution is -0.385. The molecule has 156 valence electrons. The van der Waals surface area contributed by atoms with E-state index in [1.54, 1.807) is 6.92 Å². The molecule has 0 radical (unpaired) electrons. The number of rotatable bonds is 6. The predicted octanol–water partition coefficient (Wildman–Crippen LogP) is 5.35. The lowest BCUT2D eigenvalue weighted by Crippen LogP contribution is -2.16. The monoisotopic (exact) mass is 420 g/mol. The van der Waals surface area contributed by atoms with Gasteiger partial charge in [0, 0.05) is 11.6 Å². The zero-order valence-electron chi connectivity index (χ0n) is 15.5. The number of benzene rings is 2. The minimum atomic E-state index is -4.62. The third-order valence-electron chi connectivity index (χ3n) is 4.11. The summed E-state index contributed by atoms with van der Waals surface area (Å²) in [5, 5.41) is 13.0. The van der Waals surface area contributed by atoms with E-state index in [1.807, 2.05) is 0 Å². The second kappa shape index (κ2) is 8.27. The summed E-state index contributed by atoms with van der Waals surface area (Å²) in [4.78, 5) is 22.6. The third-order valence-corrected chi connectivity index (χ3v) is 4.11. The van der Waals surface area contributed by atoms with Crippen molar-refractivity contribution >= 4 is 17.3 Å². The quantitative estimate of drug-likeness (QED) is 0.429. The molecule has 0 spiro atoms. The van der Waals surface area contributed by atoms with Gasteiger partial charge in [-0.25, -0.2) is 0 Å². The molecule has 7 nitrogen and oxygen atoms in total. The fourth-order valence-corrected chi connectivity index (χ4v) is 2.68. The number of nitrogens with one attached hydrogen (secondary N) is 1. The Hall–Kier alpha value is -3.82. The molecule has 1 aromatic heterocycles. The molecular weight excluding hydrogens is 405 g/mol. The molecule has 1 N–H and O–H groups in total. The van der Waals surface area contributed by atoms with Gasteiger partial charge in [0.1, 0.15) is 18.1 Å². The largest absolute Gasteiger partial charge is 0.486 e. The van der Waals surface area contributed by atoms with Gasteiger partial charge >= 0.3 is 6.18 Å². The number of ether oxygens (including phenoxy) is 1. The number of nitrogens with zero attached hydrogens (tertiary/aromatic N) is 1. The Bertz CT molecular complexity index is 1090. The van der Waals surface area contributed by atoms with Gasteiger partial charge in [0.25, 0.3) is 11.6 Å². The molecule has 0 bridgehead atoms. The van der Waals surface area contributed by atoms with Gasteiger partial charge in [-0.3, -0.25) is 14.9 Å². The van der Waals surface area contributed by atoms with Crippen LogP contribution in [0.15, 0.2) is 59.0 Å². The van der Waals surface area contributed by atoms with Gasteiger partial charge in [0.15, 0.2) is 5.76 Å². The van der Waals surface area contributed by atoms with Crippen LogP contribution in [0.25, 0.3) is 0 Å². The van der Waals surface area contributed by atoms with E-state index in [0.29, 0.717) is 11.3 Å². The number of nitro groups is 1. The number of amides is 1. The molecule has 0 saturated heterocycles. The number of halogens is 3. The van der Waals surface area contributed by atoms with Crippen molar-refractivity contribution in [2.75, 3.05) is 5.32 Å². The maximum absolute atomic E-state index is 13.0. The predicted molar refractivity (Wildman–Crippen MR) is 100 cm³/mol. The molecule has 0 aliphatic heterocycles. The minimum Gasteiger partial charge on any atom is -0.486 e. The van der Waals surface area contributed by atoms with Crippen LogP contribution in [0.2, 0.25) is 0 Å². The van der Waals surface area contributed by atoms with E-state index >= 15 is 0 Å². The van der Waals surface area contributed by atoms with Crippen molar-refractivity contribution < 1.29 is 32.0 Å². The van der Waals surface area contributed by atoms with Gasteiger partial charge in [-0.1, -0.05) is 12.1 Å². The van der Waals surface area contributed by atoms with Crippen molar-refractivity contribution in [2.45, 2.75) is 19.7 Å². The molecule has 2 aromatic carbocycles. The molecule has 1 heterocycles. The molecular formula is C20H15F3N2O5. The Morgan fingerprint density at radius 2 is 1.90 bits per heavy atom. The number of hydrogen-bond acceptors (Lipinski definition) is 5. The van der Waals surface area contributed by atoms with E-state index in [1.165, 1.54) is 42.5 Å². The zero-order valence-corrected chi connectivity index (χ0v) is 15.5. The van der Waals surface area contributed by atoms with E-state index in [9.17, 15) is 28.1 Å². The Kier molecular flexibility index (Phi) is 5.77. The fraction of sp³-hybridized carbons (Fsp3) is 0.150. The number of para-hydroxylation sites is 1. The van der Waals surface area contributed by atoms with E-state index in [4.69, 9.17) is 9.15 Å². The summed E-state index contributed by atoms with van der Waals surface area (Å²) in [7, 11) is 0. The highest BCUT2D eigenvalue weighted by molar-refractivity contribution is 6.02. The van der Waals surface area contributed by atoms with Crippen molar-refractivity contribution in [1.29, 1.82) is 0 Å². The van der Waals surface area contributed by atoms with E-state index in [2.05, 4.69) is 5.32 Å². The number of anilines is 1. The number of alkyl halides is 3. The summed E-state index contributed by atoms with van der Waals surface area (Å²) in [6.07, 6.45) is -4.62. The molecule has 3 rings (SSSR count). The number of carbonyl (C=O) groups excluding carboxylic acids is 1. The average Bonchev–Trinajstić information content (AvgIpc) is 3.15. The maximum Gasteiger partial charge on any atom is 0.418 e. The second-order valence-electron chi connectivity index (χ2n) is 6.26. The molecule has 0 aliphatic rings. The first kappa shape index (κ1) is 20.9. The van der Waals surface area contributed by atoms with Gasteiger partial charge in [-0.2, -0.15) is 13.2 Å². The Labute approximate surface area is 168 Å². The molecule has 0 aliphatic carbocycles. The summed E-state index contributed by atoms with van der Waals surface area (Å²) in [5.41, 5.74) is -0.980. The van der Waals surface area contributed by atoms with E-state index in [-0.39, 0.29) is 29.5 Å². The standard InChI is InChI=1S/C20H15F3N2O5/c1-12-10-13(6-8-17(12)25(27)28)29-11-14-7-9-18(30-14)19(26)24-16-5-3-2-4-15(16)20(21,22)23/h2-10H,11H2,1H3,(H,24,26). The highest BCUT2D eigenvalue weighted by atomic mass is 19.4. The van der Waals surface area contributed by atoms with Crippen LogP contribution in [-0.2, 0) is 12.8 Å². The zero-order chi connectivity index (χ0) is 21.9. The molecule has 0 saturated carbocycles. The highest BCUT2D eigenvalue weighted by Crippen LogP contribution is 2.34. The summed E-state index contributed by atoms with van der Waals surface area (Å²) in [6, 6.07) is 11.6. The van der Waals surface area contributed by atoms with E-state index in [0.717, 1.165) is 12.1 Å². The Morgan fingerprint density at radius 3 is 2.57 bits per heavy atom. The highest BCUT2D eigenvalue weighted by Gasteiger charge is 2.33. The first-order valence-corrected chi connectivity index (χ1v) is 8.59. The third kappa shape index (κ3) is 4.77. The van der Waals surface area contributed by atoms with Gasteiger partial charge in [-0.15, -0.1) is 0 Å². The van der Waals surface area contributed by atoms with Crippen LogP contribution < -0.4 is 10.1 Å². The average molecular weight is 420 g/mol. The SMILES string of the molecule is Cc1cc(OCc2ccc(C(=O)Nc3ccccc3C(F)(F)F)o2)ccc1[N+](=O)[O-]. The number of carbonyl (C=O) groups is 1. The van der Waals surface area contributed by atoms with Crippen LogP contribution in [0, 0.1) is 17.0 Å². The number of nitro benzene ring substituents is 1. The molecule has 0 atom stereocenters. The lowest BCUT2D eigenvalue weighted by atomic mass is 10.1. The Balaban J connectivity index is 1.66. The second-order valence-corrected chi connectivity index (χ2v) is 6.26. The van der Waals surface area contributed by atoms with E-state index < -0.39 is 22.6 Å². The summed E-state index contributed by atoms with van der Waals surface area (Å²) < 4.78 is 49.9. The van der Waals surface area contributed by atoms with Crippen LogP contribution in [-0.4, -0.2) is 10.8 Å². The van der Waals surface area contributed by atoms with Gasteiger partial charge in [0.05, 0.1) is 16.2 Å². The number of hydrogen-bond donors (Lipinski definition) is 1. The smallest absolute Gasteiger partial charge is 0.418 e. The molecule has 0 fully saturated rings. The van der Waals surface area contributed by atoms with Crippen LogP contribution in [0.5, 0.6) is 5.75 Å². The van der Waals surface area contributed by atoms with Crippen LogP contribution in [0.1, 0.15) is 27.4 Å². The van der Waals surface area contributed by atoms with Crippen molar-refractivity contribution in [3.63, 3.8) is 0 Å². The van der Waals surface area contributed by atoms with Crippen molar-refractivity contribution in [3.05, 3.63) is 87.4 Å². The molecule has 30 heavy (non-hydrogen) atoms. The molecule has 1 amide bonds. The number of aryl methyl sites for hydroxylation is 1. The van der Waals surface area contributed by atoms with Crippen LogP contribution in [0.3, 0.4) is 0 Å². The summed E-state index contributed by atoms with van der Waals surface area (Å²) in [6.45, 7) is 1.49. The van der Waals surface area contributed by atoms with Gasteiger partial charge in [-0.05, 0) is 43.3 Å². The lowest BCUT2D eigenvalue weighted by Gasteiger charge is -2.12. The Morgan fingerprint density at radius 1 is 1.17 bits per heavy atom. The molecule has 10 heteroatoms. The molecule has 0 unspecified atom stereocenters. The maximum atomic E-state index is 13.0. The van der Waals surface area contributed by atoms with Crippen molar-refractivity contribution in [3.8, 4) is 5.75 Å². The molecule has 3 aromatic rings. The number of furan rings is 1. The van der Waals surface area contributed by atoms with Gasteiger partial charge < -0.3 is 14.5 Å². The fourth-order valence-electron chi connectivity index (χ4n) is 2.68.